The molecule has 0 aliphatic heterocycles. The SMILES string of the molecule is CC(C)NC(=O)C(C)N. The predicted octanol–water partition coefficient (Wildman–Crippen LogP) is -0.142. The average Bonchev–Trinajstić information content (AvgIpc) is 1.63. The fourth-order valence-corrected chi connectivity index (χ4v) is 0.416. The molecule has 0 saturated heterocycles. The highest BCUT2D eigenvalue weighted by atomic mass is 16.2. The van der Waals surface area contributed by atoms with Crippen LogP contribution in [0, 0.1) is 0 Å². The van der Waals surface area contributed by atoms with Crippen LogP contribution in [-0.4, -0.2) is 18.0 Å². The van der Waals surface area contributed by atoms with Crippen molar-refractivity contribution in [3.8, 4) is 0 Å². The Balaban J connectivity index is 3.51. The lowest BCUT2D eigenvalue weighted by atomic mass is 10.3. The van der Waals surface area contributed by atoms with Gasteiger partial charge in [0.2, 0.25) is 5.91 Å². The molecule has 3 N–H and O–H groups in total. The quantitative estimate of drug-likeness (QED) is 0.546. The third-order valence-electron chi connectivity index (χ3n) is 0.844. The fraction of sp³-hybridized carbons (Fsp3) is 0.833. The molecule has 0 aliphatic rings. The lowest BCUT2D eigenvalue weighted by molar-refractivity contribution is -0.122. The molecule has 0 saturated carbocycles. The monoisotopic (exact) mass is 130 g/mol. The molecule has 0 aromatic heterocycles. The average molecular weight is 130 g/mol. The van der Waals surface area contributed by atoms with Crippen molar-refractivity contribution in [2.45, 2.75) is 32.9 Å². The molecule has 3 heteroatoms. The van der Waals surface area contributed by atoms with Crippen molar-refractivity contribution < 1.29 is 4.79 Å². The van der Waals surface area contributed by atoms with E-state index in [-0.39, 0.29) is 11.9 Å². The maximum absolute atomic E-state index is 10.7. The minimum Gasteiger partial charge on any atom is -0.353 e. The van der Waals surface area contributed by atoms with Crippen LogP contribution >= 0.6 is 0 Å². The highest BCUT2D eigenvalue weighted by Crippen LogP contribution is 1.79. The number of carbonyl (C=O) groups excluding carboxylic acids is 1. The topological polar surface area (TPSA) is 55.1 Å². The third kappa shape index (κ3) is 3.97. The molecule has 54 valence electrons. The summed E-state index contributed by atoms with van der Waals surface area (Å²) >= 11 is 0. The standard InChI is InChI=1S/C6H14N2O/c1-4(2)8-6(9)5(3)7/h4-5H,7H2,1-3H3,(H,8,9). The van der Waals surface area contributed by atoms with Gasteiger partial charge in [0.05, 0.1) is 6.04 Å². The molecule has 0 bridgehead atoms. The molecule has 9 heavy (non-hydrogen) atoms. The molecule has 0 rings (SSSR count). The molecule has 0 heterocycles. The van der Waals surface area contributed by atoms with E-state index in [4.69, 9.17) is 5.73 Å². The van der Waals surface area contributed by atoms with Gasteiger partial charge >= 0.3 is 0 Å². The summed E-state index contributed by atoms with van der Waals surface area (Å²) in [5.74, 6) is -0.0926. The van der Waals surface area contributed by atoms with E-state index in [2.05, 4.69) is 5.32 Å². The van der Waals surface area contributed by atoms with E-state index >= 15 is 0 Å². The van der Waals surface area contributed by atoms with Crippen molar-refractivity contribution >= 4 is 5.91 Å². The van der Waals surface area contributed by atoms with Gasteiger partial charge in [-0.15, -0.1) is 0 Å². The molecule has 3 nitrogen and oxygen atoms in total. The van der Waals surface area contributed by atoms with E-state index in [0.717, 1.165) is 0 Å². The lowest BCUT2D eigenvalue weighted by Gasteiger charge is -2.09. The highest BCUT2D eigenvalue weighted by Gasteiger charge is 2.06. The second-order valence-corrected chi connectivity index (χ2v) is 2.45. The number of nitrogens with one attached hydrogen (secondary N) is 1. The summed E-state index contributed by atoms with van der Waals surface area (Å²) in [6, 6.07) is -0.212. The van der Waals surface area contributed by atoms with Crippen LogP contribution in [0.3, 0.4) is 0 Å². The Labute approximate surface area is 55.6 Å². The minimum atomic E-state index is -0.396. The van der Waals surface area contributed by atoms with Gasteiger partial charge in [-0.2, -0.15) is 0 Å². The van der Waals surface area contributed by atoms with Crippen molar-refractivity contribution in [3.05, 3.63) is 0 Å². The number of nitrogens with two attached hydrogens (primary N) is 1. The van der Waals surface area contributed by atoms with Crippen LogP contribution in [0.4, 0.5) is 0 Å². The molecule has 0 aliphatic carbocycles. The molecular weight excluding hydrogens is 116 g/mol. The Morgan fingerprint density at radius 1 is 1.44 bits per heavy atom. The van der Waals surface area contributed by atoms with E-state index in [0.29, 0.717) is 0 Å². The number of hydrogen-bond donors (Lipinski definition) is 2. The van der Waals surface area contributed by atoms with Gasteiger partial charge in [0, 0.05) is 6.04 Å². The van der Waals surface area contributed by atoms with E-state index in [1.165, 1.54) is 0 Å². The first-order chi connectivity index (χ1) is 4.04. The highest BCUT2D eigenvalue weighted by molar-refractivity contribution is 5.81. The van der Waals surface area contributed by atoms with Gasteiger partial charge in [-0.25, -0.2) is 0 Å². The van der Waals surface area contributed by atoms with Gasteiger partial charge in [0.25, 0.3) is 0 Å². The second kappa shape index (κ2) is 3.45. The number of amides is 1. The van der Waals surface area contributed by atoms with Gasteiger partial charge in [-0.3, -0.25) is 4.79 Å². The predicted molar refractivity (Wildman–Crippen MR) is 36.9 cm³/mol. The maximum atomic E-state index is 10.7. The van der Waals surface area contributed by atoms with E-state index in [1.54, 1.807) is 6.92 Å². The Bertz CT molecular complexity index is 99.2. The Hall–Kier alpha value is -0.570. The number of rotatable bonds is 2. The minimum absolute atomic E-state index is 0.0926. The van der Waals surface area contributed by atoms with Gasteiger partial charge < -0.3 is 11.1 Å². The van der Waals surface area contributed by atoms with Crippen LogP contribution in [-0.2, 0) is 4.79 Å². The van der Waals surface area contributed by atoms with Crippen molar-refractivity contribution in [3.63, 3.8) is 0 Å². The second-order valence-electron chi connectivity index (χ2n) is 2.45. The molecule has 0 spiro atoms. The summed E-state index contributed by atoms with van der Waals surface area (Å²) in [5, 5.41) is 2.68. The summed E-state index contributed by atoms with van der Waals surface area (Å²) in [4.78, 5) is 10.7. The van der Waals surface area contributed by atoms with Gasteiger partial charge in [0.1, 0.15) is 0 Å². The first-order valence-corrected chi connectivity index (χ1v) is 3.10. The van der Waals surface area contributed by atoms with Crippen LogP contribution in [0.5, 0.6) is 0 Å². The van der Waals surface area contributed by atoms with Crippen LogP contribution in [0.1, 0.15) is 20.8 Å². The molecular formula is C6H14N2O. The maximum Gasteiger partial charge on any atom is 0.236 e. The first-order valence-electron chi connectivity index (χ1n) is 3.10. The van der Waals surface area contributed by atoms with Gasteiger partial charge in [-0.1, -0.05) is 0 Å². The zero-order valence-electron chi connectivity index (χ0n) is 6.14. The van der Waals surface area contributed by atoms with Crippen LogP contribution < -0.4 is 11.1 Å². The molecule has 1 unspecified atom stereocenters. The van der Waals surface area contributed by atoms with Gasteiger partial charge in [-0.05, 0) is 20.8 Å². The first kappa shape index (κ1) is 8.43. The zero-order chi connectivity index (χ0) is 7.44. The van der Waals surface area contributed by atoms with E-state index in [9.17, 15) is 4.79 Å². The summed E-state index contributed by atoms with van der Waals surface area (Å²) < 4.78 is 0. The van der Waals surface area contributed by atoms with Crippen molar-refractivity contribution in [1.82, 2.24) is 5.32 Å². The lowest BCUT2D eigenvalue weighted by Crippen LogP contribution is -2.41. The smallest absolute Gasteiger partial charge is 0.236 e. The summed E-state index contributed by atoms with van der Waals surface area (Å²) in [7, 11) is 0. The molecule has 1 amide bonds. The van der Waals surface area contributed by atoms with E-state index in [1.807, 2.05) is 13.8 Å². The molecule has 1 atom stereocenters. The van der Waals surface area contributed by atoms with Gasteiger partial charge in [0.15, 0.2) is 0 Å². The van der Waals surface area contributed by atoms with Crippen molar-refractivity contribution in [1.29, 1.82) is 0 Å². The van der Waals surface area contributed by atoms with Crippen LogP contribution in [0.2, 0.25) is 0 Å². The van der Waals surface area contributed by atoms with Crippen molar-refractivity contribution in [2.24, 2.45) is 5.73 Å². The molecule has 0 aromatic rings. The van der Waals surface area contributed by atoms with E-state index < -0.39 is 6.04 Å². The third-order valence-corrected chi connectivity index (χ3v) is 0.844. The fourth-order valence-electron chi connectivity index (χ4n) is 0.416. The molecule has 0 fully saturated rings. The summed E-state index contributed by atoms with van der Waals surface area (Å²) in [5.41, 5.74) is 5.27. The Kier molecular flexibility index (Phi) is 3.24. The zero-order valence-corrected chi connectivity index (χ0v) is 6.14. The van der Waals surface area contributed by atoms with Crippen LogP contribution in [0.25, 0.3) is 0 Å². The van der Waals surface area contributed by atoms with Crippen LogP contribution in [0.15, 0.2) is 0 Å². The summed E-state index contributed by atoms with van der Waals surface area (Å²) in [6.07, 6.45) is 0. The normalized spacial score (nSPS) is 13.4. The number of carbonyl (C=O) groups is 1. The van der Waals surface area contributed by atoms with Crippen molar-refractivity contribution in [2.75, 3.05) is 0 Å². The number of hydrogen-bond acceptors (Lipinski definition) is 2. The Morgan fingerprint density at radius 2 is 1.89 bits per heavy atom. The molecule has 0 aromatic carbocycles. The summed E-state index contributed by atoms with van der Waals surface area (Å²) in [6.45, 7) is 5.47. The largest absolute Gasteiger partial charge is 0.353 e. The molecule has 0 radical (unpaired) electrons. The Morgan fingerprint density at radius 3 is 2.00 bits per heavy atom.